The van der Waals surface area contributed by atoms with Gasteiger partial charge in [-0.2, -0.15) is 7.82 Å². The molecule has 0 amide bonds. The van der Waals surface area contributed by atoms with Gasteiger partial charge in [-0.1, -0.05) is 0 Å². The molecule has 0 radical (unpaired) electrons. The van der Waals surface area contributed by atoms with Crippen molar-refractivity contribution in [1.82, 2.24) is 0 Å². The van der Waals surface area contributed by atoms with Crippen LogP contribution in [0.1, 0.15) is 349 Å². The zero-order chi connectivity index (χ0) is 73.1. The van der Waals surface area contributed by atoms with E-state index in [0.29, 0.717) is 0 Å². The van der Waals surface area contributed by atoms with Gasteiger partial charge in [0.05, 0.1) is 0 Å². The van der Waals surface area contributed by atoms with E-state index in [4.69, 9.17) is 19.2 Å². The van der Waals surface area contributed by atoms with Gasteiger partial charge in [0, 0.05) is 0 Å². The Morgan fingerprint density at radius 2 is 0.326 bits per heavy atom. The van der Waals surface area contributed by atoms with Crippen LogP contribution in [-0.2, 0) is 88.8 Å². The Morgan fingerprint density at radius 3 is 0.411 bits per heavy atom. The molecule has 6 aromatic carbocycles. The predicted octanol–water partition coefficient (Wildman–Crippen LogP) is 16.5. The number of fused-ring (bicyclic) bond motifs is 6. The maximum atomic E-state index is 8.55. The second kappa shape index (κ2) is 27.1. The van der Waals surface area contributed by atoms with Crippen molar-refractivity contribution < 1.29 is 19.2 Å². The third-order valence-electron chi connectivity index (χ3n) is 19.6. The molecule has 0 saturated heterocycles. The average molecular weight is 1350 g/mol. The van der Waals surface area contributed by atoms with Crippen molar-refractivity contribution in [1.29, 1.82) is 0 Å². The van der Waals surface area contributed by atoms with E-state index < -0.39 is 7.82 Å². The van der Waals surface area contributed by atoms with Crippen molar-refractivity contribution in [2.75, 3.05) is 0 Å². The summed E-state index contributed by atoms with van der Waals surface area (Å²) >= 11 is 0.325. The molecule has 0 fully saturated rings. The summed E-state index contributed by atoms with van der Waals surface area (Å²) in [5.74, 6) is 0. The summed E-state index contributed by atoms with van der Waals surface area (Å²) in [6, 6.07) is 30.3. The first-order chi connectivity index (χ1) is 42.2. The quantitative estimate of drug-likeness (QED) is 0.112. The molecule has 6 aromatic rings. The fraction of sp³-hybridized carbons (Fsp3) is 0.586. The number of phosphoric acid groups is 1. The van der Waals surface area contributed by atoms with Crippen molar-refractivity contribution in [3.8, 4) is 0 Å². The Morgan fingerprint density at radius 1 is 0.221 bits per heavy atom. The Kier molecular flexibility index (Phi) is 23.1. The largest absolute Gasteiger partial charge is 0.822 e. The summed E-state index contributed by atoms with van der Waals surface area (Å²) in [5, 5.41) is 0. The SMILES string of the molecule is CC(C)(C)c1cc2[c](c(C(C)(C)C)c1)[Al+][c]1c(cc(C(C)(C)C)cc1C(C)(C)C)C2.CC(C)(C)c1cc2[c](c(C(C)(C)C)c1)[Al+][c]1c(cc(C(C)(C)C)cc1C(C)(C)C)C2.CC(C)(C)c1cc2[c](c(C(C)(C)C)c1)[Al+][c]1c(cc(C(C)(C)C)cc1C(C)(C)C)C2.O=P([O-])([O-])[O-]. The van der Waals surface area contributed by atoms with E-state index in [1.807, 2.05) is 0 Å². The smallest absolute Gasteiger partial charge is 0.159 e. The van der Waals surface area contributed by atoms with Gasteiger partial charge in [0.2, 0.25) is 0 Å². The van der Waals surface area contributed by atoms with E-state index in [-0.39, 0.29) is 111 Å². The van der Waals surface area contributed by atoms with Crippen molar-refractivity contribution >= 4 is 80.0 Å². The number of hydrogen-bond acceptors (Lipinski definition) is 4. The molecule has 0 bridgehead atoms. The molecule has 4 nitrogen and oxygen atoms in total. The van der Waals surface area contributed by atoms with Crippen LogP contribution >= 0.6 is 7.82 Å². The van der Waals surface area contributed by atoms with Gasteiger partial charge in [-0.3, -0.25) is 0 Å². The normalized spacial score (nSPS) is 14.4. The van der Waals surface area contributed by atoms with Crippen molar-refractivity contribution in [2.24, 2.45) is 0 Å². The molecular formula is C87H126Al3O4P. The number of hydrogen-bond donors (Lipinski definition) is 0. The summed E-state index contributed by atoms with van der Waals surface area (Å²) in [5.41, 5.74) is 29.9. The van der Waals surface area contributed by atoms with Gasteiger partial charge in [0.1, 0.15) is 0 Å². The minimum atomic E-state index is -5.39. The summed E-state index contributed by atoms with van der Waals surface area (Å²) in [6.07, 6.45) is 3.24. The van der Waals surface area contributed by atoms with Crippen LogP contribution in [0.4, 0.5) is 0 Å². The molecule has 0 aromatic heterocycles. The molecule has 3 heterocycles. The van der Waals surface area contributed by atoms with E-state index in [1.54, 1.807) is 93.3 Å². The van der Waals surface area contributed by atoms with E-state index in [0.717, 1.165) is 19.3 Å². The molecule has 0 saturated carbocycles. The maximum absolute atomic E-state index is 8.55. The van der Waals surface area contributed by atoms with Crippen molar-refractivity contribution in [3.05, 3.63) is 173 Å². The van der Waals surface area contributed by atoms with Crippen LogP contribution in [0.5, 0.6) is 0 Å². The van der Waals surface area contributed by atoms with Crippen LogP contribution in [0.25, 0.3) is 0 Å². The van der Waals surface area contributed by atoms with Crippen LogP contribution < -0.4 is 41.2 Å². The maximum Gasteiger partial charge on any atom is -0.159 e. The van der Waals surface area contributed by atoms with Gasteiger partial charge in [-0.15, -0.1) is 0 Å². The van der Waals surface area contributed by atoms with Crippen LogP contribution in [0.2, 0.25) is 0 Å². The van der Waals surface area contributed by atoms with Gasteiger partial charge in [0.15, 0.2) is 0 Å². The zero-order valence-electron chi connectivity index (χ0n) is 66.9. The van der Waals surface area contributed by atoms with Crippen molar-refractivity contribution in [3.63, 3.8) is 0 Å². The molecule has 95 heavy (non-hydrogen) atoms. The first kappa shape index (κ1) is 81.0. The Hall–Kier alpha value is -2.97. The summed E-state index contributed by atoms with van der Waals surface area (Å²) in [4.78, 5) is 25.6. The van der Waals surface area contributed by atoms with E-state index in [2.05, 4.69) is 322 Å². The Labute approximate surface area is 601 Å². The molecule has 0 atom stereocenters. The Bertz CT molecular complexity index is 3240. The van der Waals surface area contributed by atoms with E-state index >= 15 is 0 Å². The van der Waals surface area contributed by atoms with Gasteiger partial charge in [0.25, 0.3) is 0 Å². The Balaban J connectivity index is 0.000000217. The molecule has 3 aliphatic rings. The van der Waals surface area contributed by atoms with E-state index in [1.165, 1.54) is 33.4 Å². The molecule has 3 aliphatic heterocycles. The molecule has 512 valence electrons. The minimum absolute atomic E-state index is 0.108. The van der Waals surface area contributed by atoms with Gasteiger partial charge in [-0.05, 0) is 0 Å². The topological polar surface area (TPSA) is 86.2 Å². The van der Waals surface area contributed by atoms with Gasteiger partial charge >= 0.3 is 579 Å². The fourth-order valence-corrected chi connectivity index (χ4v) is 20.7. The first-order valence-electron chi connectivity index (χ1n) is 35.5. The average Bonchev–Trinajstić information content (AvgIpc) is 0.753. The fourth-order valence-electron chi connectivity index (χ4n) is 13.6. The standard InChI is InChI=1S/3C29H42.3Al.H3O4P/c3*1-26(2,3)22-14-20(15-23(18-22)27(4,5)6)13-21-16-24(28(7,8)9)19-25(17-21)29(10,11)12;;;;1-5(2,3)4/h3*14,16,18-19H,13H2,1-12H3;;;;(H3,1,2,3,4)/q;;;3*+1;/p-3. The molecule has 0 N–H and O–H groups in total. The van der Waals surface area contributed by atoms with Crippen LogP contribution in [0.3, 0.4) is 0 Å². The van der Waals surface area contributed by atoms with Crippen LogP contribution in [0.15, 0.2) is 72.8 Å². The van der Waals surface area contributed by atoms with Crippen LogP contribution in [0, 0.1) is 0 Å². The second-order valence-corrected chi connectivity index (χ2v) is 46.2. The minimum Gasteiger partial charge on any atom is -0.822 e. The first-order valence-corrected chi connectivity index (χ1v) is 40.4. The molecule has 0 spiro atoms. The monoisotopic (exact) mass is 1350 g/mol. The number of rotatable bonds is 0. The second-order valence-electron chi connectivity index (χ2n) is 41.0. The predicted molar refractivity (Wildman–Crippen MR) is 414 cm³/mol. The third kappa shape index (κ3) is 20.2. The van der Waals surface area contributed by atoms with Crippen molar-refractivity contribution in [2.45, 2.75) is 333 Å². The van der Waals surface area contributed by atoms with Gasteiger partial charge in [-0.25, -0.2) is 0 Å². The summed E-state index contributed by atoms with van der Waals surface area (Å²) < 4.78 is 18.5. The van der Waals surface area contributed by atoms with E-state index in [9.17, 15) is 0 Å². The molecule has 8 heteroatoms. The van der Waals surface area contributed by atoms with Crippen LogP contribution in [-0.4, -0.2) is 45.7 Å². The van der Waals surface area contributed by atoms with Gasteiger partial charge < -0.3 is 19.2 Å². The molecule has 0 unspecified atom stereocenters. The molecular weight excluding hydrogens is 1220 g/mol. The zero-order valence-corrected chi connectivity index (χ0v) is 71.2. The molecule has 9 rings (SSSR count). The third-order valence-corrected chi connectivity index (χ3v) is 25.5. The summed E-state index contributed by atoms with van der Waals surface area (Å²) in [7, 11) is -5.39. The number of benzene rings is 6. The molecule has 0 aliphatic carbocycles. The summed E-state index contributed by atoms with van der Waals surface area (Å²) in [6.45, 7) is 85.2.